The number of nitrogens with zero attached hydrogens (tertiary/aromatic N) is 2. The Morgan fingerprint density at radius 2 is 1.95 bits per heavy atom. The molecular formula is C16H27N3O2S. The summed E-state index contributed by atoms with van der Waals surface area (Å²) in [5.74, 6) is 0. The molecule has 0 saturated carbocycles. The number of benzene rings is 1. The van der Waals surface area contributed by atoms with Gasteiger partial charge < -0.3 is 0 Å². The van der Waals surface area contributed by atoms with Gasteiger partial charge in [-0.05, 0) is 32.0 Å². The minimum absolute atomic E-state index is 0.438. The molecule has 0 aromatic heterocycles. The van der Waals surface area contributed by atoms with Crippen LogP contribution in [0.3, 0.4) is 0 Å². The molecule has 1 aliphatic rings. The summed E-state index contributed by atoms with van der Waals surface area (Å²) in [4.78, 5) is 4.87. The Bertz CT molecular complexity index is 548. The maximum Gasteiger partial charge on any atom is 0.208 e. The maximum atomic E-state index is 11.1. The van der Waals surface area contributed by atoms with Gasteiger partial charge in [-0.1, -0.05) is 30.3 Å². The van der Waals surface area contributed by atoms with E-state index in [1.165, 1.54) is 11.8 Å². The lowest BCUT2D eigenvalue weighted by atomic mass is 10.2. The molecule has 6 heteroatoms. The Hall–Kier alpha value is -0.950. The third-order valence-electron chi connectivity index (χ3n) is 4.08. The molecule has 2 rings (SSSR count). The van der Waals surface area contributed by atoms with Crippen LogP contribution in [0.5, 0.6) is 0 Å². The largest absolute Gasteiger partial charge is 0.298 e. The first kappa shape index (κ1) is 17.4. The van der Waals surface area contributed by atoms with Crippen LogP contribution in [0.1, 0.15) is 18.9 Å². The fourth-order valence-corrected chi connectivity index (χ4v) is 3.45. The van der Waals surface area contributed by atoms with Gasteiger partial charge in [0.2, 0.25) is 10.0 Å². The highest BCUT2D eigenvalue weighted by atomic mass is 32.2. The molecule has 22 heavy (non-hydrogen) atoms. The van der Waals surface area contributed by atoms with Gasteiger partial charge in [-0.2, -0.15) is 0 Å². The lowest BCUT2D eigenvalue weighted by Gasteiger charge is -2.29. The molecule has 1 N–H and O–H groups in total. The van der Waals surface area contributed by atoms with Crippen molar-refractivity contribution in [2.45, 2.75) is 25.9 Å². The number of sulfonamides is 1. The molecule has 0 unspecified atom stereocenters. The molecule has 1 heterocycles. The second-order valence-corrected chi connectivity index (χ2v) is 7.96. The van der Waals surface area contributed by atoms with Crippen molar-refractivity contribution in [1.29, 1.82) is 0 Å². The molecule has 0 bridgehead atoms. The van der Waals surface area contributed by atoms with Crippen LogP contribution < -0.4 is 4.72 Å². The topological polar surface area (TPSA) is 52.6 Å². The van der Waals surface area contributed by atoms with E-state index in [1.54, 1.807) is 0 Å². The van der Waals surface area contributed by atoms with Crippen molar-refractivity contribution in [3.05, 3.63) is 35.9 Å². The van der Waals surface area contributed by atoms with E-state index < -0.39 is 10.0 Å². The van der Waals surface area contributed by atoms with E-state index in [1.807, 2.05) is 6.07 Å². The van der Waals surface area contributed by atoms with Crippen molar-refractivity contribution < 1.29 is 8.42 Å². The van der Waals surface area contributed by atoms with Gasteiger partial charge in [0.15, 0.2) is 0 Å². The Labute approximate surface area is 134 Å². The third kappa shape index (κ3) is 6.04. The lowest BCUT2D eigenvalue weighted by molar-refractivity contribution is 0.190. The normalized spacial score (nSPS) is 21.6. The van der Waals surface area contributed by atoms with Crippen molar-refractivity contribution in [3.8, 4) is 0 Å². The molecule has 0 aliphatic carbocycles. The van der Waals surface area contributed by atoms with Crippen LogP contribution in [0, 0.1) is 0 Å². The van der Waals surface area contributed by atoms with E-state index in [0.717, 1.165) is 39.1 Å². The average Bonchev–Trinajstić information content (AvgIpc) is 2.61. The first-order valence-electron chi connectivity index (χ1n) is 7.89. The van der Waals surface area contributed by atoms with Crippen LogP contribution in [-0.2, 0) is 16.6 Å². The Morgan fingerprint density at radius 3 is 2.64 bits per heavy atom. The zero-order chi connectivity index (χ0) is 16.0. The van der Waals surface area contributed by atoms with Gasteiger partial charge in [0.1, 0.15) is 0 Å². The first-order valence-corrected chi connectivity index (χ1v) is 9.78. The second kappa shape index (κ2) is 8.06. The van der Waals surface area contributed by atoms with Gasteiger partial charge in [-0.3, -0.25) is 9.80 Å². The minimum atomic E-state index is -3.09. The molecule has 1 atom stereocenters. The number of rotatable bonds is 6. The summed E-state index contributed by atoms with van der Waals surface area (Å²) < 4.78 is 24.9. The van der Waals surface area contributed by atoms with E-state index in [2.05, 4.69) is 45.7 Å². The summed E-state index contributed by atoms with van der Waals surface area (Å²) in [5.41, 5.74) is 1.35. The molecule has 0 amide bonds. The van der Waals surface area contributed by atoms with Crippen LogP contribution >= 0.6 is 0 Å². The Morgan fingerprint density at radius 1 is 1.23 bits per heavy atom. The summed E-state index contributed by atoms with van der Waals surface area (Å²) in [6, 6.07) is 11.0. The van der Waals surface area contributed by atoms with Gasteiger partial charge in [-0.25, -0.2) is 13.1 Å². The van der Waals surface area contributed by atoms with E-state index >= 15 is 0 Å². The molecule has 0 spiro atoms. The monoisotopic (exact) mass is 325 g/mol. The zero-order valence-corrected chi connectivity index (χ0v) is 14.3. The van der Waals surface area contributed by atoms with Crippen LogP contribution in [0.2, 0.25) is 0 Å². The van der Waals surface area contributed by atoms with Crippen LogP contribution in [0.15, 0.2) is 30.3 Å². The molecule has 1 saturated heterocycles. The predicted octanol–water partition coefficient (Wildman–Crippen LogP) is 1.13. The van der Waals surface area contributed by atoms with E-state index in [4.69, 9.17) is 0 Å². The molecule has 1 aromatic rings. The van der Waals surface area contributed by atoms with Crippen molar-refractivity contribution >= 4 is 10.0 Å². The molecule has 0 radical (unpaired) electrons. The number of nitrogens with one attached hydrogen (secondary N) is 1. The van der Waals surface area contributed by atoms with Gasteiger partial charge in [-0.15, -0.1) is 0 Å². The smallest absolute Gasteiger partial charge is 0.208 e. The summed E-state index contributed by atoms with van der Waals surface area (Å²) in [5, 5.41) is 0. The SMILES string of the molecule is C[C@@H]1CN(Cc2ccccc2)CCCN1CCNS(C)(=O)=O. The highest BCUT2D eigenvalue weighted by Crippen LogP contribution is 2.12. The average molecular weight is 325 g/mol. The lowest BCUT2D eigenvalue weighted by Crippen LogP contribution is -2.42. The van der Waals surface area contributed by atoms with Gasteiger partial charge in [0, 0.05) is 32.2 Å². The third-order valence-corrected chi connectivity index (χ3v) is 4.81. The predicted molar refractivity (Wildman–Crippen MR) is 90.2 cm³/mol. The van der Waals surface area contributed by atoms with E-state index in [-0.39, 0.29) is 0 Å². The van der Waals surface area contributed by atoms with Crippen LogP contribution in [0.25, 0.3) is 0 Å². The van der Waals surface area contributed by atoms with E-state index in [0.29, 0.717) is 12.6 Å². The maximum absolute atomic E-state index is 11.1. The minimum Gasteiger partial charge on any atom is -0.298 e. The molecule has 1 aliphatic heterocycles. The Kier molecular flexibility index (Phi) is 6.37. The molecular weight excluding hydrogens is 298 g/mol. The highest BCUT2D eigenvalue weighted by molar-refractivity contribution is 7.88. The van der Waals surface area contributed by atoms with Crippen molar-refractivity contribution in [2.75, 3.05) is 39.0 Å². The highest BCUT2D eigenvalue weighted by Gasteiger charge is 2.21. The summed E-state index contributed by atoms with van der Waals surface area (Å²) in [6.07, 6.45) is 2.33. The summed E-state index contributed by atoms with van der Waals surface area (Å²) in [6.45, 7) is 7.61. The van der Waals surface area contributed by atoms with Crippen LogP contribution in [0.4, 0.5) is 0 Å². The molecule has 1 fully saturated rings. The fraction of sp³-hybridized carbons (Fsp3) is 0.625. The van der Waals surface area contributed by atoms with Crippen molar-refractivity contribution in [1.82, 2.24) is 14.5 Å². The van der Waals surface area contributed by atoms with Gasteiger partial charge in [0.25, 0.3) is 0 Å². The second-order valence-electron chi connectivity index (χ2n) is 6.13. The Balaban J connectivity index is 1.83. The van der Waals surface area contributed by atoms with Crippen molar-refractivity contribution in [2.24, 2.45) is 0 Å². The fourth-order valence-electron chi connectivity index (χ4n) is 2.99. The standard InChI is InChI=1S/C16H27N3O2S/c1-15-13-18(14-16-7-4-3-5-8-16)10-6-11-19(15)12-9-17-22(2,20)21/h3-5,7-8,15,17H,6,9-14H2,1-2H3/t15-/m1/s1. The van der Waals surface area contributed by atoms with Crippen LogP contribution in [-0.4, -0.2) is 63.2 Å². The van der Waals surface area contributed by atoms with E-state index in [9.17, 15) is 8.42 Å². The summed E-state index contributed by atoms with van der Waals surface area (Å²) in [7, 11) is -3.09. The first-order chi connectivity index (χ1) is 10.4. The quantitative estimate of drug-likeness (QED) is 0.852. The molecule has 5 nitrogen and oxygen atoms in total. The number of hydrogen-bond donors (Lipinski definition) is 1. The van der Waals surface area contributed by atoms with Gasteiger partial charge in [0.05, 0.1) is 6.26 Å². The molecule has 124 valence electrons. The number of hydrogen-bond acceptors (Lipinski definition) is 4. The molecule has 1 aromatic carbocycles. The summed E-state index contributed by atoms with van der Waals surface area (Å²) >= 11 is 0. The van der Waals surface area contributed by atoms with Gasteiger partial charge >= 0.3 is 0 Å². The van der Waals surface area contributed by atoms with Crippen molar-refractivity contribution in [3.63, 3.8) is 0 Å². The zero-order valence-electron chi connectivity index (χ0n) is 13.5.